The fraction of sp³-hybridized carbons (Fsp3) is 0.783. The molecule has 2 heterocycles. The zero-order chi connectivity index (χ0) is 21.7. The van der Waals surface area contributed by atoms with Gasteiger partial charge >= 0.3 is 0 Å². The first kappa shape index (κ1) is 21.3. The summed E-state index contributed by atoms with van der Waals surface area (Å²) >= 11 is 0. The van der Waals surface area contributed by atoms with E-state index in [1.54, 1.807) is 24.0 Å². The first-order valence-corrected chi connectivity index (χ1v) is 11.3. The largest absolute Gasteiger partial charge is 0.378 e. The molecule has 0 radical (unpaired) electrons. The minimum absolute atomic E-state index is 0.00720. The molecule has 1 saturated heterocycles. The Bertz CT molecular complexity index is 817. The molecule has 7 nitrogen and oxygen atoms in total. The third-order valence-corrected chi connectivity index (χ3v) is 8.09. The van der Waals surface area contributed by atoms with Crippen molar-refractivity contribution in [3.63, 3.8) is 0 Å². The molecule has 30 heavy (non-hydrogen) atoms. The van der Waals surface area contributed by atoms with Gasteiger partial charge in [-0.15, -0.1) is 0 Å². The number of nitrogens with zero attached hydrogens (tertiary/aromatic N) is 2. The van der Waals surface area contributed by atoms with Gasteiger partial charge in [-0.05, 0) is 54.4 Å². The van der Waals surface area contributed by atoms with Crippen molar-refractivity contribution in [2.45, 2.75) is 65.5 Å². The van der Waals surface area contributed by atoms with E-state index in [9.17, 15) is 9.59 Å². The van der Waals surface area contributed by atoms with Gasteiger partial charge in [0.25, 0.3) is 5.91 Å². The molecule has 1 spiro atoms. The van der Waals surface area contributed by atoms with E-state index in [0.717, 1.165) is 25.9 Å². The molecule has 2 aliphatic carbocycles. The monoisotopic (exact) mass is 416 g/mol. The number of rotatable bonds is 6. The number of aromatic nitrogens is 2. The topological polar surface area (TPSA) is 85.3 Å². The summed E-state index contributed by atoms with van der Waals surface area (Å²) in [6, 6.07) is 1.92. The van der Waals surface area contributed by atoms with E-state index in [-0.39, 0.29) is 40.7 Å². The first-order valence-electron chi connectivity index (χ1n) is 11.3. The molecule has 2 bridgehead atoms. The van der Waals surface area contributed by atoms with Crippen LogP contribution in [0.5, 0.6) is 0 Å². The molecule has 0 unspecified atom stereocenters. The second kappa shape index (κ2) is 7.66. The number of ether oxygens (including phenoxy) is 1. The van der Waals surface area contributed by atoms with Crippen LogP contribution in [0.4, 0.5) is 0 Å². The van der Waals surface area contributed by atoms with Gasteiger partial charge in [0.1, 0.15) is 5.69 Å². The first-order chi connectivity index (χ1) is 14.1. The lowest BCUT2D eigenvalue weighted by Crippen LogP contribution is -2.60. The van der Waals surface area contributed by atoms with Crippen LogP contribution < -0.4 is 10.6 Å². The Morgan fingerprint density at radius 3 is 2.80 bits per heavy atom. The van der Waals surface area contributed by atoms with Crippen molar-refractivity contribution in [3.8, 4) is 0 Å². The highest BCUT2D eigenvalue weighted by Crippen LogP contribution is 2.68. The number of nitrogens with one attached hydrogen (secondary N) is 2. The summed E-state index contributed by atoms with van der Waals surface area (Å²) in [7, 11) is 1.80. The van der Waals surface area contributed by atoms with Crippen molar-refractivity contribution < 1.29 is 14.3 Å². The molecular formula is C23H36N4O3. The fourth-order valence-electron chi connectivity index (χ4n) is 6.46. The maximum atomic E-state index is 12.6. The molecule has 1 aromatic rings. The second-order valence-electron chi connectivity index (χ2n) is 10.5. The predicted octanol–water partition coefficient (Wildman–Crippen LogP) is 2.52. The van der Waals surface area contributed by atoms with Crippen molar-refractivity contribution >= 4 is 11.8 Å². The maximum absolute atomic E-state index is 12.6. The molecule has 3 fully saturated rings. The van der Waals surface area contributed by atoms with Gasteiger partial charge in [-0.2, -0.15) is 5.10 Å². The highest BCUT2D eigenvalue weighted by Gasteiger charge is 2.68. The highest BCUT2D eigenvalue weighted by atomic mass is 16.5. The van der Waals surface area contributed by atoms with Crippen molar-refractivity contribution in [1.82, 2.24) is 20.4 Å². The number of aryl methyl sites for hydroxylation is 1. The molecule has 166 valence electrons. The smallest absolute Gasteiger partial charge is 0.271 e. The zero-order valence-corrected chi connectivity index (χ0v) is 18.9. The van der Waals surface area contributed by atoms with E-state index >= 15 is 0 Å². The molecule has 1 aliphatic heterocycles. The van der Waals surface area contributed by atoms with Crippen LogP contribution >= 0.6 is 0 Å². The minimum atomic E-state index is -0.141. The van der Waals surface area contributed by atoms with Gasteiger partial charge in [0.2, 0.25) is 5.91 Å². The molecule has 7 heteroatoms. The van der Waals surface area contributed by atoms with E-state index < -0.39 is 0 Å². The van der Waals surface area contributed by atoms with Crippen molar-refractivity contribution in [1.29, 1.82) is 0 Å². The summed E-state index contributed by atoms with van der Waals surface area (Å²) in [5.41, 5.74) is 0.666. The average Bonchev–Trinajstić information content (AvgIpc) is 3.34. The van der Waals surface area contributed by atoms with Crippen LogP contribution in [0, 0.1) is 28.6 Å². The number of fused-ring (bicyclic) bond motifs is 1. The van der Waals surface area contributed by atoms with Gasteiger partial charge in [-0.3, -0.25) is 14.3 Å². The summed E-state index contributed by atoms with van der Waals surface area (Å²) < 4.78 is 7.85. The van der Waals surface area contributed by atoms with Gasteiger partial charge in [-0.1, -0.05) is 27.7 Å². The van der Waals surface area contributed by atoms with Crippen molar-refractivity contribution in [2.24, 2.45) is 35.6 Å². The summed E-state index contributed by atoms with van der Waals surface area (Å²) in [6.07, 6.45) is 6.03. The number of hydrogen-bond donors (Lipinski definition) is 2. The van der Waals surface area contributed by atoms with E-state index in [1.165, 1.54) is 6.42 Å². The Hall–Kier alpha value is -1.89. The summed E-state index contributed by atoms with van der Waals surface area (Å²) in [5.74, 6) is 1.05. The number of carbonyl (C=O) groups is 2. The third-order valence-electron chi connectivity index (χ3n) is 8.09. The molecule has 5 atom stereocenters. The Kier molecular flexibility index (Phi) is 5.45. The van der Waals surface area contributed by atoms with E-state index in [2.05, 4.69) is 29.6 Å². The predicted molar refractivity (Wildman–Crippen MR) is 114 cm³/mol. The lowest BCUT2D eigenvalue weighted by molar-refractivity contribution is -0.138. The molecule has 1 aromatic heterocycles. The fourth-order valence-corrected chi connectivity index (χ4v) is 6.46. The highest BCUT2D eigenvalue weighted by molar-refractivity contribution is 5.92. The standard InChI is InChI=1S/C23H36N4O3/c1-14(2)19(28)25-21-22(3,4)15-12-16-18(30-11-8-23(16,21)13-15)6-9-24-20(29)17-7-10-27(5)26-17/h7,10,14-16,18,21H,6,8-9,11-13H2,1-5H3,(H,24,29)(H,25,28)/t15-,16-,18-,21+,23-/m1/s1. The molecule has 3 aliphatic rings. The van der Waals surface area contributed by atoms with Gasteiger partial charge < -0.3 is 15.4 Å². The quantitative estimate of drug-likeness (QED) is 0.746. The Morgan fingerprint density at radius 2 is 2.13 bits per heavy atom. The summed E-state index contributed by atoms with van der Waals surface area (Å²) in [4.78, 5) is 24.9. The van der Waals surface area contributed by atoms with Crippen LogP contribution in [0.15, 0.2) is 12.3 Å². The van der Waals surface area contributed by atoms with E-state index in [0.29, 0.717) is 24.1 Å². The van der Waals surface area contributed by atoms with Crippen LogP contribution in [0.1, 0.15) is 63.9 Å². The molecule has 2 amide bonds. The van der Waals surface area contributed by atoms with Crippen LogP contribution in [-0.2, 0) is 16.6 Å². The average molecular weight is 417 g/mol. The Balaban J connectivity index is 1.43. The van der Waals surface area contributed by atoms with E-state index in [1.807, 2.05) is 13.8 Å². The molecule has 2 N–H and O–H groups in total. The van der Waals surface area contributed by atoms with Gasteiger partial charge in [0, 0.05) is 38.4 Å². The molecule has 2 saturated carbocycles. The zero-order valence-electron chi connectivity index (χ0n) is 18.9. The summed E-state index contributed by atoms with van der Waals surface area (Å²) in [6.45, 7) is 9.87. The second-order valence-corrected chi connectivity index (χ2v) is 10.5. The van der Waals surface area contributed by atoms with Crippen LogP contribution in [-0.4, -0.2) is 46.9 Å². The molecule has 4 rings (SSSR count). The normalized spacial score (nSPS) is 34.1. The van der Waals surface area contributed by atoms with Crippen molar-refractivity contribution in [2.75, 3.05) is 13.2 Å². The van der Waals surface area contributed by atoms with Crippen LogP contribution in [0.25, 0.3) is 0 Å². The van der Waals surface area contributed by atoms with Crippen LogP contribution in [0.2, 0.25) is 0 Å². The van der Waals surface area contributed by atoms with Gasteiger partial charge in [0.15, 0.2) is 0 Å². The van der Waals surface area contributed by atoms with Crippen LogP contribution in [0.3, 0.4) is 0 Å². The Labute approximate surface area is 179 Å². The lowest BCUT2D eigenvalue weighted by atomic mass is 9.59. The summed E-state index contributed by atoms with van der Waals surface area (Å²) in [5, 5.41) is 10.6. The Morgan fingerprint density at radius 1 is 1.37 bits per heavy atom. The molecule has 0 aromatic carbocycles. The lowest BCUT2D eigenvalue weighted by Gasteiger charge is -2.53. The number of amides is 2. The van der Waals surface area contributed by atoms with Gasteiger partial charge in [0.05, 0.1) is 6.10 Å². The minimum Gasteiger partial charge on any atom is -0.378 e. The van der Waals surface area contributed by atoms with Crippen molar-refractivity contribution in [3.05, 3.63) is 18.0 Å². The van der Waals surface area contributed by atoms with Gasteiger partial charge in [-0.25, -0.2) is 0 Å². The SMILES string of the molecule is CC(C)C(=O)N[C@H]1C(C)(C)[C@@H]2C[C@@H]3[C@@H](CCNC(=O)c4ccn(C)n4)OCC[C@@]31C2. The maximum Gasteiger partial charge on any atom is 0.271 e. The molecular weight excluding hydrogens is 380 g/mol. The number of hydrogen-bond acceptors (Lipinski definition) is 4. The number of carbonyl (C=O) groups excluding carboxylic acids is 2. The van der Waals surface area contributed by atoms with E-state index in [4.69, 9.17) is 4.74 Å². The third kappa shape index (κ3) is 3.45.